The van der Waals surface area contributed by atoms with E-state index in [1.165, 1.54) is 0 Å². The fourth-order valence-electron chi connectivity index (χ4n) is 4.27. The first-order chi connectivity index (χ1) is 16.7. The number of amides is 2. The maximum atomic E-state index is 13.9. The molecule has 0 unspecified atom stereocenters. The summed E-state index contributed by atoms with van der Waals surface area (Å²) < 4.78 is 0.945. The first-order valence-corrected chi connectivity index (χ1v) is 13.0. The first kappa shape index (κ1) is 26.7. The highest BCUT2D eigenvalue weighted by atomic mass is 79.9. The molecule has 5 heteroatoms. The van der Waals surface area contributed by atoms with Crippen LogP contribution >= 0.6 is 15.9 Å². The second-order valence-electron chi connectivity index (χ2n) is 9.35. The van der Waals surface area contributed by atoms with Gasteiger partial charge in [0.2, 0.25) is 11.8 Å². The summed E-state index contributed by atoms with van der Waals surface area (Å²) in [4.78, 5) is 29.2. The Bertz CT molecular complexity index is 1130. The lowest BCUT2D eigenvalue weighted by Crippen LogP contribution is -2.52. The number of carbonyl (C=O) groups excluding carboxylic acids is 2. The number of nitrogens with zero attached hydrogens (tertiary/aromatic N) is 1. The molecule has 0 aromatic heterocycles. The van der Waals surface area contributed by atoms with E-state index in [2.05, 4.69) is 27.3 Å². The molecule has 2 amide bonds. The molecule has 3 aromatic rings. The quantitative estimate of drug-likeness (QED) is 0.338. The molecule has 0 aliphatic heterocycles. The van der Waals surface area contributed by atoms with Crippen LogP contribution in [0.2, 0.25) is 0 Å². The van der Waals surface area contributed by atoms with Crippen molar-refractivity contribution in [2.45, 2.75) is 65.6 Å². The minimum atomic E-state index is -0.621. The zero-order valence-electron chi connectivity index (χ0n) is 21.1. The smallest absolute Gasteiger partial charge is 0.243 e. The molecule has 2 atom stereocenters. The highest BCUT2D eigenvalue weighted by Gasteiger charge is 2.31. The van der Waals surface area contributed by atoms with Gasteiger partial charge in [-0.2, -0.15) is 0 Å². The molecule has 0 aliphatic rings. The lowest BCUT2D eigenvalue weighted by molar-refractivity contribution is -0.141. The number of nitrogens with one attached hydrogen (secondary N) is 1. The van der Waals surface area contributed by atoms with Gasteiger partial charge < -0.3 is 10.2 Å². The maximum absolute atomic E-state index is 13.9. The van der Waals surface area contributed by atoms with Crippen LogP contribution in [0.5, 0.6) is 0 Å². The van der Waals surface area contributed by atoms with E-state index in [9.17, 15) is 9.59 Å². The number of rotatable bonds is 10. The molecule has 1 N–H and O–H groups in total. The van der Waals surface area contributed by atoms with Gasteiger partial charge in [-0.25, -0.2) is 0 Å². The Hall–Kier alpha value is -2.92. The van der Waals surface area contributed by atoms with E-state index < -0.39 is 6.04 Å². The fourth-order valence-corrected chi connectivity index (χ4v) is 4.72. The van der Waals surface area contributed by atoms with Gasteiger partial charge in [0.1, 0.15) is 6.04 Å². The fraction of sp³-hybridized carbons (Fsp3) is 0.333. The van der Waals surface area contributed by atoms with Crippen molar-refractivity contribution in [3.63, 3.8) is 0 Å². The van der Waals surface area contributed by atoms with Crippen LogP contribution in [0.1, 0.15) is 48.1 Å². The average Bonchev–Trinajstić information content (AvgIpc) is 2.81. The van der Waals surface area contributed by atoms with Gasteiger partial charge >= 0.3 is 0 Å². The van der Waals surface area contributed by atoms with Crippen LogP contribution in [0.15, 0.2) is 77.3 Å². The molecular formula is C30H35BrN2O2. The van der Waals surface area contributed by atoms with Gasteiger partial charge in [0.25, 0.3) is 0 Å². The summed E-state index contributed by atoms with van der Waals surface area (Å²) in [6, 6.07) is 23.4. The summed E-state index contributed by atoms with van der Waals surface area (Å²) in [6.07, 6.45) is 1.53. The maximum Gasteiger partial charge on any atom is 0.243 e. The zero-order chi connectivity index (χ0) is 25.4. The van der Waals surface area contributed by atoms with E-state index in [0.717, 1.165) is 38.7 Å². The Labute approximate surface area is 217 Å². The van der Waals surface area contributed by atoms with E-state index in [4.69, 9.17) is 0 Å². The summed E-state index contributed by atoms with van der Waals surface area (Å²) in [5.74, 6) is -0.179. The number of aryl methyl sites for hydroxylation is 2. The van der Waals surface area contributed by atoms with Gasteiger partial charge in [0.15, 0.2) is 0 Å². The lowest BCUT2D eigenvalue weighted by atomic mass is 10.00. The number of hydrogen-bond acceptors (Lipinski definition) is 2. The van der Waals surface area contributed by atoms with Gasteiger partial charge in [0.05, 0.1) is 6.42 Å². The molecule has 0 spiro atoms. The van der Waals surface area contributed by atoms with Crippen LogP contribution < -0.4 is 5.32 Å². The van der Waals surface area contributed by atoms with Gasteiger partial charge in [-0.1, -0.05) is 94.6 Å². The second-order valence-corrected chi connectivity index (χ2v) is 10.3. The molecule has 0 aliphatic carbocycles. The lowest BCUT2D eigenvalue weighted by Gasteiger charge is -2.32. The number of carbonyl (C=O) groups is 2. The topological polar surface area (TPSA) is 49.4 Å². The van der Waals surface area contributed by atoms with E-state index >= 15 is 0 Å². The summed E-state index contributed by atoms with van der Waals surface area (Å²) in [6.45, 7) is 8.47. The van der Waals surface area contributed by atoms with Crippen molar-refractivity contribution in [2.24, 2.45) is 0 Å². The molecule has 0 fully saturated rings. The van der Waals surface area contributed by atoms with Gasteiger partial charge in [0, 0.05) is 23.5 Å². The third-order valence-electron chi connectivity index (χ3n) is 6.15. The van der Waals surface area contributed by atoms with E-state index in [1.807, 2.05) is 94.4 Å². The molecule has 35 heavy (non-hydrogen) atoms. The predicted octanol–water partition coefficient (Wildman–Crippen LogP) is 6.16. The number of halogens is 1. The Morgan fingerprint density at radius 3 is 2.17 bits per heavy atom. The van der Waals surface area contributed by atoms with E-state index in [1.54, 1.807) is 4.90 Å². The van der Waals surface area contributed by atoms with Crippen molar-refractivity contribution >= 4 is 27.7 Å². The second kappa shape index (κ2) is 12.7. The number of benzene rings is 3. The van der Waals surface area contributed by atoms with Crippen molar-refractivity contribution in [1.82, 2.24) is 10.2 Å². The Morgan fingerprint density at radius 1 is 0.886 bits per heavy atom. The van der Waals surface area contributed by atoms with Crippen LogP contribution in [0.4, 0.5) is 0 Å². The standard InChI is InChI=1S/C30H35BrN2O2/c1-5-23(4)32-30(35)28(18-24-10-7-6-8-11-24)33(20-25-12-9-13-27(31)17-25)29(34)19-26-15-21(2)14-22(3)16-26/h6-17,23,28H,5,18-20H2,1-4H3,(H,32,35)/t23-,28+/m0/s1. The normalized spacial score (nSPS) is 12.6. The highest BCUT2D eigenvalue weighted by Crippen LogP contribution is 2.20. The van der Waals surface area contributed by atoms with Crippen molar-refractivity contribution in [2.75, 3.05) is 0 Å². The van der Waals surface area contributed by atoms with Gasteiger partial charge in [-0.05, 0) is 56.0 Å². The Kier molecular flexibility index (Phi) is 9.67. The van der Waals surface area contributed by atoms with Crippen molar-refractivity contribution < 1.29 is 9.59 Å². The molecule has 184 valence electrons. The zero-order valence-corrected chi connectivity index (χ0v) is 22.6. The average molecular weight is 536 g/mol. The molecule has 0 heterocycles. The third kappa shape index (κ3) is 8.07. The molecule has 0 radical (unpaired) electrons. The minimum Gasteiger partial charge on any atom is -0.352 e. The largest absolute Gasteiger partial charge is 0.352 e. The summed E-state index contributed by atoms with van der Waals surface area (Å²) >= 11 is 3.54. The van der Waals surface area contributed by atoms with Crippen LogP contribution in [-0.2, 0) is 29.0 Å². The van der Waals surface area contributed by atoms with Crippen molar-refractivity contribution in [1.29, 1.82) is 0 Å². The van der Waals surface area contributed by atoms with Gasteiger partial charge in [-0.15, -0.1) is 0 Å². The Morgan fingerprint density at radius 2 is 1.54 bits per heavy atom. The monoisotopic (exact) mass is 534 g/mol. The number of hydrogen-bond donors (Lipinski definition) is 1. The third-order valence-corrected chi connectivity index (χ3v) is 6.64. The van der Waals surface area contributed by atoms with Crippen molar-refractivity contribution in [3.05, 3.63) is 105 Å². The van der Waals surface area contributed by atoms with Crippen LogP contribution in [-0.4, -0.2) is 28.8 Å². The minimum absolute atomic E-state index is 0.0306. The van der Waals surface area contributed by atoms with Crippen LogP contribution in [0.3, 0.4) is 0 Å². The highest BCUT2D eigenvalue weighted by molar-refractivity contribution is 9.10. The first-order valence-electron chi connectivity index (χ1n) is 12.2. The van der Waals surface area contributed by atoms with Crippen LogP contribution in [0.25, 0.3) is 0 Å². The van der Waals surface area contributed by atoms with E-state index in [0.29, 0.717) is 13.0 Å². The summed E-state index contributed by atoms with van der Waals surface area (Å²) in [5, 5.41) is 3.12. The molecule has 4 nitrogen and oxygen atoms in total. The van der Waals surface area contributed by atoms with Crippen molar-refractivity contribution in [3.8, 4) is 0 Å². The summed E-state index contributed by atoms with van der Waals surface area (Å²) in [7, 11) is 0. The SMILES string of the molecule is CC[C@H](C)NC(=O)[C@@H](Cc1ccccc1)N(Cc1cccc(Br)c1)C(=O)Cc1cc(C)cc(C)c1. The molecular weight excluding hydrogens is 500 g/mol. The summed E-state index contributed by atoms with van der Waals surface area (Å²) in [5.41, 5.74) is 5.22. The molecule has 0 bridgehead atoms. The molecule has 0 saturated heterocycles. The van der Waals surface area contributed by atoms with Crippen LogP contribution in [0, 0.1) is 13.8 Å². The van der Waals surface area contributed by atoms with Gasteiger partial charge in [-0.3, -0.25) is 9.59 Å². The molecule has 3 aromatic carbocycles. The Balaban J connectivity index is 1.99. The molecule has 3 rings (SSSR count). The predicted molar refractivity (Wildman–Crippen MR) is 146 cm³/mol. The van der Waals surface area contributed by atoms with E-state index in [-0.39, 0.29) is 24.3 Å². The molecule has 0 saturated carbocycles.